The van der Waals surface area contributed by atoms with Gasteiger partial charge in [0, 0.05) is 12.2 Å². The van der Waals surface area contributed by atoms with Crippen molar-refractivity contribution in [2.75, 3.05) is 13.2 Å². The van der Waals surface area contributed by atoms with E-state index in [1.807, 2.05) is 12.1 Å². The molecule has 0 saturated carbocycles. The minimum Gasteiger partial charge on any atom is -0.488 e. The highest BCUT2D eigenvalue weighted by atomic mass is 16.5. The van der Waals surface area contributed by atoms with Crippen molar-refractivity contribution >= 4 is 16.8 Å². The first kappa shape index (κ1) is 24.7. The molecule has 0 aliphatic heterocycles. The van der Waals surface area contributed by atoms with Crippen LogP contribution in [0, 0.1) is 0 Å². The molecule has 1 aromatic heterocycles. The number of ether oxygens (including phenoxy) is 2. The summed E-state index contributed by atoms with van der Waals surface area (Å²) in [6, 6.07) is 17.0. The van der Waals surface area contributed by atoms with Crippen LogP contribution in [0.3, 0.4) is 0 Å². The number of hydrogen-bond donors (Lipinski definition) is 0. The number of benzene rings is 2. The Bertz CT molecular complexity index is 1020. The Morgan fingerprint density at radius 2 is 1.97 bits per heavy atom. The van der Waals surface area contributed by atoms with Gasteiger partial charge in [-0.2, -0.15) is 0 Å². The molecule has 0 radical (unpaired) electrons. The van der Waals surface area contributed by atoms with E-state index < -0.39 is 0 Å². The Balaban J connectivity index is 1.56. The molecule has 1 atom stereocenters. The highest BCUT2D eigenvalue weighted by Crippen LogP contribution is 2.29. The maximum Gasteiger partial charge on any atom is 0.138 e. The number of nitrogens with zero attached hydrogens (tertiary/aromatic N) is 1. The second kappa shape index (κ2) is 13.6. The van der Waals surface area contributed by atoms with Crippen molar-refractivity contribution in [1.82, 2.24) is 4.98 Å². The van der Waals surface area contributed by atoms with Gasteiger partial charge in [0.05, 0.1) is 18.0 Å². The van der Waals surface area contributed by atoms with Gasteiger partial charge in [-0.05, 0) is 67.1 Å². The summed E-state index contributed by atoms with van der Waals surface area (Å²) in [5.74, 6) is 0.753. The summed E-state index contributed by atoms with van der Waals surface area (Å²) in [7, 11) is 0. The van der Waals surface area contributed by atoms with E-state index in [1.54, 1.807) is 12.3 Å². The van der Waals surface area contributed by atoms with Crippen molar-refractivity contribution in [3.05, 3.63) is 79.0 Å². The van der Waals surface area contributed by atoms with Gasteiger partial charge in [-0.25, -0.2) is 0 Å². The molecule has 3 heteroatoms. The van der Waals surface area contributed by atoms with E-state index in [0.717, 1.165) is 42.9 Å². The van der Waals surface area contributed by atoms with E-state index in [1.165, 1.54) is 35.6 Å². The first-order valence-electron chi connectivity index (χ1n) is 12.2. The largest absolute Gasteiger partial charge is 0.488 e. The lowest BCUT2D eigenvalue weighted by Crippen LogP contribution is -2.08. The number of fused-ring (bicyclic) bond motifs is 1. The number of allylic oxidation sites excluding steroid dienone is 1. The van der Waals surface area contributed by atoms with Crippen molar-refractivity contribution in [1.29, 1.82) is 0 Å². The molecule has 0 bridgehead atoms. The lowest BCUT2D eigenvalue weighted by atomic mass is 9.99. The van der Waals surface area contributed by atoms with Gasteiger partial charge in [-0.15, -0.1) is 0 Å². The number of aromatic nitrogens is 1. The third kappa shape index (κ3) is 7.87. The molecule has 174 valence electrons. The van der Waals surface area contributed by atoms with Crippen LogP contribution in [0.5, 0.6) is 5.75 Å². The zero-order chi connectivity index (χ0) is 23.3. The molecule has 0 amide bonds. The van der Waals surface area contributed by atoms with Gasteiger partial charge < -0.3 is 9.47 Å². The fourth-order valence-electron chi connectivity index (χ4n) is 3.87. The fourth-order valence-corrected chi connectivity index (χ4v) is 3.87. The van der Waals surface area contributed by atoms with Crippen LogP contribution in [0.4, 0.5) is 0 Å². The molecule has 0 N–H and O–H groups in total. The molecule has 1 unspecified atom stereocenters. The lowest BCUT2D eigenvalue weighted by Gasteiger charge is -2.12. The van der Waals surface area contributed by atoms with Gasteiger partial charge >= 0.3 is 0 Å². The number of unbranched alkanes of at least 4 members (excludes halogenated alkanes) is 3. The molecule has 1 heterocycles. The highest BCUT2D eigenvalue weighted by molar-refractivity contribution is 5.96. The third-order valence-electron chi connectivity index (χ3n) is 5.73. The second-order valence-corrected chi connectivity index (χ2v) is 8.49. The Morgan fingerprint density at radius 1 is 1.06 bits per heavy atom. The van der Waals surface area contributed by atoms with Crippen molar-refractivity contribution in [2.45, 2.75) is 58.5 Å². The van der Waals surface area contributed by atoms with Gasteiger partial charge in [-0.3, -0.25) is 4.98 Å². The summed E-state index contributed by atoms with van der Waals surface area (Å²) in [4.78, 5) is 4.60. The zero-order valence-corrected chi connectivity index (χ0v) is 20.1. The van der Waals surface area contributed by atoms with Crippen LogP contribution >= 0.6 is 0 Å². The summed E-state index contributed by atoms with van der Waals surface area (Å²) in [5, 5.41) is 2.42. The smallest absolute Gasteiger partial charge is 0.138 e. The van der Waals surface area contributed by atoms with Gasteiger partial charge in [-0.1, -0.05) is 74.9 Å². The molecule has 0 aliphatic carbocycles. The molecule has 3 rings (SSSR count). The van der Waals surface area contributed by atoms with Gasteiger partial charge in [0.2, 0.25) is 0 Å². The van der Waals surface area contributed by atoms with E-state index >= 15 is 0 Å². The molecule has 2 aromatic carbocycles. The summed E-state index contributed by atoms with van der Waals surface area (Å²) in [6.45, 7) is 9.47. The fraction of sp³-hybridized carbons (Fsp3) is 0.367. The first-order valence-corrected chi connectivity index (χ1v) is 12.2. The lowest BCUT2D eigenvalue weighted by molar-refractivity contribution is 0.0566. The maximum atomic E-state index is 5.89. The summed E-state index contributed by atoms with van der Waals surface area (Å²) < 4.78 is 11.4. The normalized spacial score (nSPS) is 12.3. The summed E-state index contributed by atoms with van der Waals surface area (Å²) in [6.07, 6.45) is 15.4. The predicted molar refractivity (Wildman–Crippen MR) is 141 cm³/mol. The summed E-state index contributed by atoms with van der Waals surface area (Å²) >= 11 is 0. The zero-order valence-electron chi connectivity index (χ0n) is 20.1. The van der Waals surface area contributed by atoms with Crippen LogP contribution in [0.2, 0.25) is 0 Å². The van der Waals surface area contributed by atoms with E-state index in [9.17, 15) is 0 Å². The third-order valence-corrected chi connectivity index (χ3v) is 5.73. The van der Waals surface area contributed by atoms with E-state index in [-0.39, 0.29) is 0 Å². The average molecular weight is 444 g/mol. The van der Waals surface area contributed by atoms with Gasteiger partial charge in [0.15, 0.2) is 0 Å². The van der Waals surface area contributed by atoms with Gasteiger partial charge in [0.25, 0.3) is 0 Å². The van der Waals surface area contributed by atoms with Crippen LogP contribution in [0.15, 0.2) is 73.5 Å². The van der Waals surface area contributed by atoms with E-state index in [2.05, 4.69) is 74.0 Å². The Labute approximate surface area is 199 Å². The molecule has 3 nitrogen and oxygen atoms in total. The number of hydrogen-bond acceptors (Lipinski definition) is 3. The maximum absolute atomic E-state index is 5.89. The first-order chi connectivity index (χ1) is 16.2. The predicted octanol–water partition coefficient (Wildman–Crippen LogP) is 8.25. The quantitative estimate of drug-likeness (QED) is 0.186. The monoisotopic (exact) mass is 443 g/mol. The average Bonchev–Trinajstić information content (AvgIpc) is 2.85. The Morgan fingerprint density at radius 3 is 2.76 bits per heavy atom. The highest BCUT2D eigenvalue weighted by Gasteiger charge is 2.06. The Kier molecular flexibility index (Phi) is 10.2. The number of rotatable bonds is 14. The van der Waals surface area contributed by atoms with Crippen LogP contribution < -0.4 is 4.74 Å². The van der Waals surface area contributed by atoms with Crippen molar-refractivity contribution in [3.8, 4) is 17.0 Å². The van der Waals surface area contributed by atoms with E-state index in [4.69, 9.17) is 9.47 Å². The Hall–Kier alpha value is -2.91. The number of pyridine rings is 1. The van der Waals surface area contributed by atoms with Crippen LogP contribution in [-0.2, 0) is 4.74 Å². The molecular formula is C30H37NO2. The molecule has 0 saturated heterocycles. The molecule has 0 spiro atoms. The summed E-state index contributed by atoms with van der Waals surface area (Å²) in [5.41, 5.74) is 3.30. The van der Waals surface area contributed by atoms with Crippen LogP contribution in [0.1, 0.15) is 57.9 Å². The molecular weight excluding hydrogens is 406 g/mol. The molecule has 3 aromatic rings. The second-order valence-electron chi connectivity index (χ2n) is 8.49. The SMILES string of the molecule is C=CCOc1ccc(-c2cccc3cc(/C=C/CCCC(C)OCCCCC)ccc23)nc1. The molecule has 0 aliphatic rings. The van der Waals surface area contributed by atoms with Crippen LogP contribution in [-0.4, -0.2) is 24.3 Å². The standard InChI is InChI=1S/C30H37NO2/c1-4-6-10-21-32-24(3)12-8-7-9-13-25-16-18-28-26(22-25)14-11-15-29(28)30-19-17-27(23-31-30)33-20-5-2/h5,9,11,13-19,22-24H,2,4,6-8,10,12,20-21H2,1,3H3/b13-9+. The molecule has 0 fully saturated rings. The minimum absolute atomic E-state index is 0.352. The van der Waals surface area contributed by atoms with Gasteiger partial charge in [0.1, 0.15) is 12.4 Å². The van der Waals surface area contributed by atoms with Crippen molar-refractivity contribution < 1.29 is 9.47 Å². The van der Waals surface area contributed by atoms with Crippen molar-refractivity contribution in [3.63, 3.8) is 0 Å². The molecule has 33 heavy (non-hydrogen) atoms. The topological polar surface area (TPSA) is 31.4 Å². The minimum atomic E-state index is 0.352. The van der Waals surface area contributed by atoms with E-state index in [0.29, 0.717) is 12.7 Å². The van der Waals surface area contributed by atoms with Crippen molar-refractivity contribution in [2.24, 2.45) is 0 Å². The van der Waals surface area contributed by atoms with Crippen LogP contribution in [0.25, 0.3) is 28.1 Å².